The van der Waals surface area contributed by atoms with Crippen LogP contribution in [0.5, 0.6) is 0 Å². The second-order valence-electron chi connectivity index (χ2n) is 4.05. The summed E-state index contributed by atoms with van der Waals surface area (Å²) < 4.78 is 42.1. The number of halogens is 2. The number of aromatic amines is 1. The molecule has 0 radical (unpaired) electrons. The van der Waals surface area contributed by atoms with Crippen molar-refractivity contribution >= 4 is 24.1 Å². The van der Waals surface area contributed by atoms with Crippen LogP contribution < -0.4 is 5.50 Å². The van der Waals surface area contributed by atoms with E-state index in [9.17, 15) is 13.3 Å². The van der Waals surface area contributed by atoms with Crippen molar-refractivity contribution in [3.63, 3.8) is 0 Å². The number of hydrogen-bond donors (Lipinski definition) is 3. The molecule has 0 spiro atoms. The number of nitrogens with one attached hydrogen (secondary N) is 1. The number of H-pyrrole nitrogens is 1. The summed E-state index contributed by atoms with van der Waals surface area (Å²) in [6.07, 6.45) is 0. The summed E-state index contributed by atoms with van der Waals surface area (Å²) in [6, 6.07) is 4.27. The zero-order valence-electron chi connectivity index (χ0n) is 9.67. The second-order valence-corrected chi connectivity index (χ2v) is 5.58. The monoisotopic (exact) mass is 300 g/mol. The molecule has 0 aliphatic carbocycles. The number of imidazole rings is 1. The molecule has 2 heterocycles. The largest absolute Gasteiger partial charge is 0.445 e. The molecular formula is C11H7F2N2O4P. The van der Waals surface area contributed by atoms with Crippen LogP contribution in [0.15, 0.2) is 28.7 Å². The zero-order chi connectivity index (χ0) is 14.5. The molecule has 3 aromatic rings. The number of benzene rings is 1. The lowest BCUT2D eigenvalue weighted by Crippen LogP contribution is -1.98. The molecule has 104 valence electrons. The maximum Gasteiger partial charge on any atom is 0.391 e. The lowest BCUT2D eigenvalue weighted by Gasteiger charge is -1.97. The number of rotatable bonds is 2. The molecule has 20 heavy (non-hydrogen) atoms. The number of hydrogen-bond acceptors (Lipinski definition) is 3. The van der Waals surface area contributed by atoms with Gasteiger partial charge >= 0.3 is 7.60 Å². The molecule has 2 aromatic heterocycles. The minimum Gasteiger partial charge on any atom is -0.445 e. The van der Waals surface area contributed by atoms with Gasteiger partial charge in [-0.25, -0.2) is 13.8 Å². The molecule has 0 amide bonds. The van der Waals surface area contributed by atoms with Crippen LogP contribution in [0.2, 0.25) is 0 Å². The Labute approximate surface area is 110 Å². The molecule has 0 saturated heterocycles. The van der Waals surface area contributed by atoms with Crippen molar-refractivity contribution in [2.45, 2.75) is 0 Å². The van der Waals surface area contributed by atoms with E-state index >= 15 is 0 Å². The molecule has 1 aromatic carbocycles. The third-order valence-corrected chi connectivity index (χ3v) is 3.45. The molecule has 3 rings (SSSR count). The predicted molar refractivity (Wildman–Crippen MR) is 65.4 cm³/mol. The summed E-state index contributed by atoms with van der Waals surface area (Å²) in [6.45, 7) is 0. The summed E-state index contributed by atoms with van der Waals surface area (Å²) in [7, 11) is -4.50. The fourth-order valence-electron chi connectivity index (χ4n) is 1.73. The van der Waals surface area contributed by atoms with Gasteiger partial charge in [-0.15, -0.1) is 0 Å². The Kier molecular flexibility index (Phi) is 2.75. The highest BCUT2D eigenvalue weighted by Gasteiger charge is 2.23. The first-order valence-corrected chi connectivity index (χ1v) is 6.97. The second kappa shape index (κ2) is 4.24. The standard InChI is InChI=1S/C11H7F2N2O4P/c12-5-3-7-8(4-6(5)13)15-11(14-7)9-1-2-10(19-9)20(16,17)18/h1-4H,(H,14,15)(H2,16,17,18). The van der Waals surface area contributed by atoms with Gasteiger partial charge in [0.15, 0.2) is 23.2 Å². The molecule has 0 fully saturated rings. The van der Waals surface area contributed by atoms with Crippen LogP contribution >= 0.6 is 7.60 Å². The Morgan fingerprint density at radius 2 is 1.90 bits per heavy atom. The molecule has 0 atom stereocenters. The average Bonchev–Trinajstić information content (AvgIpc) is 2.94. The Morgan fingerprint density at radius 1 is 1.20 bits per heavy atom. The Balaban J connectivity index is 2.11. The third kappa shape index (κ3) is 2.14. The maximum atomic E-state index is 13.1. The van der Waals surface area contributed by atoms with Gasteiger partial charge in [0.1, 0.15) is 0 Å². The van der Waals surface area contributed by atoms with E-state index in [-0.39, 0.29) is 22.6 Å². The highest BCUT2D eigenvalue weighted by Crippen LogP contribution is 2.35. The minimum absolute atomic E-state index is 0.0559. The molecule has 9 heteroatoms. The van der Waals surface area contributed by atoms with Crippen LogP contribution in [0.3, 0.4) is 0 Å². The van der Waals surface area contributed by atoms with Crippen molar-refractivity contribution in [2.75, 3.05) is 0 Å². The lowest BCUT2D eigenvalue weighted by atomic mass is 10.3. The van der Waals surface area contributed by atoms with Crippen LogP contribution in [0.4, 0.5) is 8.78 Å². The van der Waals surface area contributed by atoms with Crippen LogP contribution in [-0.2, 0) is 4.57 Å². The minimum atomic E-state index is -4.50. The normalized spacial score (nSPS) is 12.2. The first kappa shape index (κ1) is 13.0. The zero-order valence-corrected chi connectivity index (χ0v) is 10.6. The molecule has 0 unspecified atom stereocenters. The number of nitrogens with zero attached hydrogens (tertiary/aromatic N) is 1. The van der Waals surface area contributed by atoms with Gasteiger partial charge in [-0.1, -0.05) is 0 Å². The van der Waals surface area contributed by atoms with Crippen molar-refractivity contribution in [3.8, 4) is 11.6 Å². The van der Waals surface area contributed by atoms with Gasteiger partial charge < -0.3 is 19.2 Å². The highest BCUT2D eigenvalue weighted by molar-refractivity contribution is 7.59. The number of furan rings is 1. The van der Waals surface area contributed by atoms with Crippen LogP contribution in [0.1, 0.15) is 0 Å². The summed E-state index contributed by atoms with van der Waals surface area (Å²) in [5, 5.41) is 0. The fraction of sp³-hybridized carbons (Fsp3) is 0. The first-order valence-electron chi connectivity index (χ1n) is 5.35. The van der Waals surface area contributed by atoms with Crippen LogP contribution in [-0.4, -0.2) is 19.8 Å². The van der Waals surface area contributed by atoms with E-state index in [4.69, 9.17) is 14.2 Å². The topological polar surface area (TPSA) is 99.4 Å². The van der Waals surface area contributed by atoms with Gasteiger partial charge in [0.2, 0.25) is 5.50 Å². The Morgan fingerprint density at radius 3 is 2.55 bits per heavy atom. The predicted octanol–water partition coefficient (Wildman–Crippen LogP) is 1.90. The van der Waals surface area contributed by atoms with E-state index in [2.05, 4.69) is 9.97 Å². The van der Waals surface area contributed by atoms with Crippen LogP contribution in [0, 0.1) is 11.6 Å². The van der Waals surface area contributed by atoms with Gasteiger partial charge in [0.05, 0.1) is 11.0 Å². The van der Waals surface area contributed by atoms with E-state index in [1.54, 1.807) is 0 Å². The van der Waals surface area contributed by atoms with Gasteiger partial charge in [0.25, 0.3) is 0 Å². The first-order chi connectivity index (χ1) is 9.34. The third-order valence-electron chi connectivity index (χ3n) is 2.64. The summed E-state index contributed by atoms with van der Waals surface area (Å²) in [5.74, 6) is -1.89. The molecule has 0 aliphatic heterocycles. The van der Waals surface area contributed by atoms with Crippen molar-refractivity contribution in [1.29, 1.82) is 0 Å². The Hall–Kier alpha value is -2.02. The quantitative estimate of drug-likeness (QED) is 0.628. The lowest BCUT2D eigenvalue weighted by molar-refractivity contribution is 0.377. The summed E-state index contributed by atoms with van der Waals surface area (Å²) >= 11 is 0. The van der Waals surface area contributed by atoms with Gasteiger partial charge in [-0.2, -0.15) is 0 Å². The maximum absolute atomic E-state index is 13.1. The van der Waals surface area contributed by atoms with Crippen molar-refractivity contribution in [3.05, 3.63) is 35.9 Å². The van der Waals surface area contributed by atoms with E-state index in [1.807, 2.05) is 0 Å². The van der Waals surface area contributed by atoms with E-state index in [1.165, 1.54) is 6.07 Å². The smallest absolute Gasteiger partial charge is 0.391 e. The Bertz CT molecular complexity index is 812. The fourth-order valence-corrected chi connectivity index (χ4v) is 2.22. The number of fused-ring (bicyclic) bond motifs is 1. The summed E-state index contributed by atoms with van der Waals surface area (Å²) in [5.41, 5.74) is -0.0913. The number of aromatic nitrogens is 2. The SMILES string of the molecule is O=P(O)(O)c1ccc(-c2nc3cc(F)c(F)cc3[nH]2)o1. The summed E-state index contributed by atoms with van der Waals surface area (Å²) in [4.78, 5) is 24.6. The molecular weight excluding hydrogens is 293 g/mol. The highest BCUT2D eigenvalue weighted by atomic mass is 31.2. The van der Waals surface area contributed by atoms with Gasteiger partial charge in [-0.05, 0) is 12.1 Å². The van der Waals surface area contributed by atoms with Crippen molar-refractivity contribution < 1.29 is 27.5 Å². The van der Waals surface area contributed by atoms with Crippen LogP contribution in [0.25, 0.3) is 22.6 Å². The van der Waals surface area contributed by atoms with E-state index < -0.39 is 24.7 Å². The average molecular weight is 300 g/mol. The van der Waals surface area contributed by atoms with Crippen molar-refractivity contribution in [2.24, 2.45) is 0 Å². The molecule has 3 N–H and O–H groups in total. The van der Waals surface area contributed by atoms with Gasteiger partial charge in [-0.3, -0.25) is 4.57 Å². The van der Waals surface area contributed by atoms with E-state index in [0.29, 0.717) is 0 Å². The molecule has 6 nitrogen and oxygen atoms in total. The molecule has 0 bridgehead atoms. The molecule has 0 saturated carbocycles. The molecule has 0 aliphatic rings. The van der Waals surface area contributed by atoms with E-state index in [0.717, 1.165) is 18.2 Å². The van der Waals surface area contributed by atoms with Gasteiger partial charge in [0, 0.05) is 12.1 Å². The van der Waals surface area contributed by atoms with Crippen molar-refractivity contribution in [1.82, 2.24) is 9.97 Å².